The maximum Gasteiger partial charge on any atom is 0.225 e. The minimum atomic E-state index is -6.18. The van der Waals surface area contributed by atoms with Gasteiger partial charge in [-0.05, 0) is 0 Å². The van der Waals surface area contributed by atoms with Crippen LogP contribution in [0.15, 0.2) is 30.3 Å². The number of quaternary nitrogens is 1. The first-order valence-corrected chi connectivity index (χ1v) is 14.4. The third-order valence-electron chi connectivity index (χ3n) is 8.09. The molecule has 0 amide bonds. The molecule has 0 aliphatic heterocycles. The second-order valence-corrected chi connectivity index (χ2v) is 12.2. The summed E-state index contributed by atoms with van der Waals surface area (Å²) >= 11 is 0. The predicted octanol–water partition coefficient (Wildman–Crippen LogP) is 7.73. The van der Waals surface area contributed by atoms with Gasteiger partial charge in [0.15, 0.2) is 58.2 Å². The molecule has 0 atom stereocenters. The summed E-state index contributed by atoms with van der Waals surface area (Å²) < 4.78 is 287. The summed E-state index contributed by atoms with van der Waals surface area (Å²) in [7, 11) is 4.37. The van der Waals surface area contributed by atoms with E-state index < -0.39 is 174 Å². The van der Waals surface area contributed by atoms with Gasteiger partial charge in [0.25, 0.3) is 0 Å². The molecule has 0 aliphatic rings. The Kier molecular flexibility index (Phi) is 11.4. The maximum absolute atomic E-state index is 15.3. The second-order valence-electron chi connectivity index (χ2n) is 12.2. The van der Waals surface area contributed by atoms with E-state index in [1.165, 1.54) is 21.1 Å². The fourth-order valence-electron chi connectivity index (χ4n) is 5.95. The van der Waals surface area contributed by atoms with Crippen LogP contribution in [0.25, 0.3) is 0 Å². The van der Waals surface area contributed by atoms with Crippen molar-refractivity contribution in [2.75, 3.05) is 21.1 Å². The topological polar surface area (TPSA) is 0 Å². The van der Waals surface area contributed by atoms with E-state index in [-0.39, 0.29) is 4.48 Å². The summed E-state index contributed by atoms with van der Waals surface area (Å²) in [6, 6.07) is -2.58. The van der Waals surface area contributed by atoms with Gasteiger partial charge in [-0.1, -0.05) is 0 Å². The SMILES string of the molecule is C[N+](C)(C)c1c(F)cc(F)c(F)c1F.Fc1cc(F)c([B-](c2c(F)cc(F)c(F)c2F)(c2c(F)cc(F)c(F)c2F)c2c(F)cc(F)c(F)c2F)c(F)c1F. The first kappa shape index (κ1) is 42.5. The normalized spacial score (nSPS) is 11.9. The van der Waals surface area contributed by atoms with Gasteiger partial charge in [-0.3, -0.25) is 4.48 Å². The summed E-state index contributed by atoms with van der Waals surface area (Å²) in [6.45, 7) is 0. The van der Waals surface area contributed by atoms with E-state index >= 15 is 35.1 Å². The Balaban J connectivity index is 0.000000404. The van der Waals surface area contributed by atoms with E-state index in [4.69, 9.17) is 0 Å². The highest BCUT2D eigenvalue weighted by Gasteiger charge is 2.49. The van der Waals surface area contributed by atoms with Gasteiger partial charge < -0.3 is 0 Å². The van der Waals surface area contributed by atoms with Crippen molar-refractivity contribution in [3.8, 4) is 0 Å². The van der Waals surface area contributed by atoms with Crippen LogP contribution < -0.4 is 26.3 Å². The summed E-state index contributed by atoms with van der Waals surface area (Å²) in [5, 5.41) is 0. The Labute approximate surface area is 294 Å². The minimum Gasteiger partial charge on any atom is -0.293 e. The number of nitrogens with zero attached hydrogens (tertiary/aromatic N) is 1. The predicted molar refractivity (Wildman–Crippen MR) is 155 cm³/mol. The molecule has 294 valence electrons. The molecule has 0 fully saturated rings. The lowest BCUT2D eigenvalue weighted by Gasteiger charge is -2.44. The van der Waals surface area contributed by atoms with Gasteiger partial charge in [0.05, 0.1) is 44.4 Å². The van der Waals surface area contributed by atoms with E-state index in [2.05, 4.69) is 0 Å². The molecule has 0 radical (unpaired) electrons. The lowest BCUT2D eigenvalue weighted by molar-refractivity contribution is 0.387. The zero-order valence-corrected chi connectivity index (χ0v) is 27.0. The number of hydrogen-bond donors (Lipinski definition) is 0. The summed E-state index contributed by atoms with van der Waals surface area (Å²) in [6.07, 6.45) is -6.18. The first-order chi connectivity index (χ1) is 25.2. The van der Waals surface area contributed by atoms with Crippen molar-refractivity contribution in [3.63, 3.8) is 0 Å². The fraction of sp³-hybridized carbons (Fsp3) is 0.0909. The van der Waals surface area contributed by atoms with E-state index in [9.17, 15) is 52.7 Å². The van der Waals surface area contributed by atoms with Crippen molar-refractivity contribution in [1.82, 2.24) is 4.48 Å². The van der Waals surface area contributed by atoms with E-state index in [0.717, 1.165) is 0 Å². The molecular weight excluding hydrogens is 801 g/mol. The van der Waals surface area contributed by atoms with Crippen molar-refractivity contribution < 1.29 is 87.8 Å². The van der Waals surface area contributed by atoms with Crippen LogP contribution in [0.4, 0.5) is 93.5 Å². The highest BCUT2D eigenvalue weighted by Crippen LogP contribution is 2.30. The van der Waals surface area contributed by atoms with Gasteiger partial charge in [0.2, 0.25) is 17.3 Å². The quantitative estimate of drug-likeness (QED) is 0.0561. The molecule has 55 heavy (non-hydrogen) atoms. The van der Waals surface area contributed by atoms with Crippen LogP contribution in [0.3, 0.4) is 0 Å². The van der Waals surface area contributed by atoms with Crippen molar-refractivity contribution >= 4 is 33.7 Å². The van der Waals surface area contributed by atoms with Crippen LogP contribution in [0, 0.1) is 116 Å². The molecule has 22 heteroatoms. The average Bonchev–Trinajstić information content (AvgIpc) is 3.06. The molecule has 0 aromatic heterocycles. The van der Waals surface area contributed by atoms with E-state index in [1.807, 2.05) is 0 Å². The molecule has 0 unspecified atom stereocenters. The molecule has 5 rings (SSSR count). The first-order valence-electron chi connectivity index (χ1n) is 14.4. The van der Waals surface area contributed by atoms with Crippen LogP contribution in [0.5, 0.6) is 0 Å². The molecule has 1 nitrogen and oxygen atoms in total. The highest BCUT2D eigenvalue weighted by molar-refractivity contribution is 7.20. The van der Waals surface area contributed by atoms with Gasteiger partial charge >= 0.3 is 0 Å². The molecule has 0 bridgehead atoms. The van der Waals surface area contributed by atoms with Crippen molar-refractivity contribution in [2.24, 2.45) is 0 Å². The largest absolute Gasteiger partial charge is 0.293 e. The van der Waals surface area contributed by atoms with Gasteiger partial charge in [0.1, 0.15) is 29.4 Å². The van der Waals surface area contributed by atoms with Gasteiger partial charge in [-0.15, -0.1) is 21.9 Å². The molecule has 0 aliphatic carbocycles. The van der Waals surface area contributed by atoms with Crippen LogP contribution in [0.1, 0.15) is 0 Å². The number of halogens is 20. The summed E-state index contributed by atoms with van der Waals surface area (Å²) in [5.41, 5.74) is -11.4. The van der Waals surface area contributed by atoms with Gasteiger partial charge in [-0.25, -0.2) is 83.4 Å². The molecule has 0 saturated carbocycles. The van der Waals surface area contributed by atoms with Crippen molar-refractivity contribution in [1.29, 1.82) is 0 Å². The van der Waals surface area contributed by atoms with E-state index in [0.29, 0.717) is 6.07 Å². The lowest BCUT2D eigenvalue weighted by atomic mass is 9.12. The number of rotatable bonds is 5. The van der Waals surface area contributed by atoms with Gasteiger partial charge in [-0.2, -0.15) is 4.39 Å². The monoisotopic (exact) mass is 815 g/mol. The maximum atomic E-state index is 15.3. The summed E-state index contributed by atoms with van der Waals surface area (Å²) in [4.78, 5) is 0. The molecule has 5 aromatic rings. The number of benzene rings is 5. The van der Waals surface area contributed by atoms with E-state index in [1.54, 1.807) is 0 Å². The fourth-order valence-corrected chi connectivity index (χ4v) is 5.95. The number of hydrogen-bond acceptors (Lipinski definition) is 0. The van der Waals surface area contributed by atoms with Gasteiger partial charge in [0, 0.05) is 30.3 Å². The highest BCUT2D eigenvalue weighted by atomic mass is 19.2. The van der Waals surface area contributed by atoms with Crippen molar-refractivity contribution in [2.45, 2.75) is 0 Å². The molecule has 0 heterocycles. The Morgan fingerprint density at radius 3 is 0.691 bits per heavy atom. The second kappa shape index (κ2) is 14.8. The lowest BCUT2D eigenvalue weighted by Crippen LogP contribution is -2.80. The molecular formula is C33H14BF20N. The average molecular weight is 815 g/mol. The molecule has 5 aromatic carbocycles. The zero-order chi connectivity index (χ0) is 42.0. The van der Waals surface area contributed by atoms with Crippen LogP contribution >= 0.6 is 0 Å². The third kappa shape index (κ3) is 6.84. The Bertz CT molecular complexity index is 2130. The van der Waals surface area contributed by atoms with Crippen LogP contribution in [-0.2, 0) is 0 Å². The van der Waals surface area contributed by atoms with Crippen molar-refractivity contribution in [3.05, 3.63) is 147 Å². The Morgan fingerprint density at radius 1 is 0.273 bits per heavy atom. The third-order valence-corrected chi connectivity index (χ3v) is 8.09. The molecule has 0 saturated heterocycles. The minimum absolute atomic E-state index is 0.255. The smallest absolute Gasteiger partial charge is 0.225 e. The Morgan fingerprint density at radius 2 is 0.473 bits per heavy atom. The van der Waals surface area contributed by atoms with Crippen LogP contribution in [0.2, 0.25) is 0 Å². The molecule has 0 N–H and O–H groups in total. The summed E-state index contributed by atoms with van der Waals surface area (Å²) in [5.74, 6) is -50.8. The zero-order valence-electron chi connectivity index (χ0n) is 27.0. The van der Waals surface area contributed by atoms with Crippen LogP contribution in [-0.4, -0.2) is 27.3 Å². The standard InChI is InChI=1S/C24H4BF16.C9H10F4N/c26-5-1-9(30)17(34)21(38)13(5)25(14-6(27)2-10(31)18(35)22(14)39,15-7(28)3-11(32)19(36)23(15)40)16-8(29)4-12(33)20(37)24(16)41;1-14(2,3)9-6(11)4-5(10)7(12)8(9)13/h1-4H;4H,1-3H3/q-1;+1. The molecule has 0 spiro atoms. The Hall–Kier alpha value is -5.28.